The van der Waals surface area contributed by atoms with Crippen molar-refractivity contribution in [2.75, 3.05) is 6.61 Å². The molecule has 1 saturated heterocycles. The average molecular weight is 238 g/mol. The zero-order chi connectivity index (χ0) is 12.5. The Kier molecular flexibility index (Phi) is 3.84. The average Bonchev–Trinajstić information content (AvgIpc) is 2.53. The van der Waals surface area contributed by atoms with Gasteiger partial charge < -0.3 is 35.4 Å². The Hall–Kier alpha value is -0.770. The second-order valence-electron chi connectivity index (χ2n) is 3.68. The highest BCUT2D eigenvalue weighted by Crippen LogP contribution is 2.31. The number of hydrogen-bond donors (Lipinski definition) is 6. The van der Waals surface area contributed by atoms with Gasteiger partial charge in [-0.15, -0.1) is 0 Å². The van der Waals surface area contributed by atoms with Crippen molar-refractivity contribution >= 4 is 5.97 Å². The molecule has 0 spiro atoms. The molecule has 0 aromatic carbocycles. The van der Waals surface area contributed by atoms with Crippen LogP contribution in [0.5, 0.6) is 0 Å². The summed E-state index contributed by atoms with van der Waals surface area (Å²) in [5, 5.41) is 54.4. The predicted octanol–water partition coefficient (Wildman–Crippen LogP) is -3.38. The lowest BCUT2D eigenvalue weighted by atomic mass is 10.0. The maximum atomic E-state index is 10.6. The molecule has 16 heavy (non-hydrogen) atoms. The van der Waals surface area contributed by atoms with Gasteiger partial charge in [0.2, 0.25) is 0 Å². The highest BCUT2D eigenvalue weighted by atomic mass is 16.7. The van der Waals surface area contributed by atoms with Crippen molar-refractivity contribution in [3.8, 4) is 0 Å². The SMILES string of the molecule is O=C(O)C1(O)C[C@H](O)[C@H]([C@H](O)[C@@H](O)CO)O1. The normalized spacial score (nSPS) is 38.3. The highest BCUT2D eigenvalue weighted by Gasteiger charge is 2.53. The van der Waals surface area contributed by atoms with Gasteiger partial charge in [-0.1, -0.05) is 0 Å². The zero-order valence-corrected chi connectivity index (χ0v) is 8.22. The van der Waals surface area contributed by atoms with Gasteiger partial charge >= 0.3 is 5.97 Å². The van der Waals surface area contributed by atoms with E-state index in [0.717, 1.165) is 0 Å². The van der Waals surface area contributed by atoms with Crippen LogP contribution in [0.2, 0.25) is 0 Å². The molecule has 1 fully saturated rings. The molecule has 0 aromatic rings. The minimum Gasteiger partial charge on any atom is -0.477 e. The van der Waals surface area contributed by atoms with E-state index in [1.165, 1.54) is 0 Å². The van der Waals surface area contributed by atoms with Gasteiger partial charge in [0.25, 0.3) is 5.79 Å². The molecule has 0 aromatic heterocycles. The number of aliphatic hydroxyl groups is 5. The molecule has 1 rings (SSSR count). The summed E-state index contributed by atoms with van der Waals surface area (Å²) in [7, 11) is 0. The number of carboxylic acids is 1. The monoisotopic (exact) mass is 238 g/mol. The maximum absolute atomic E-state index is 10.6. The largest absolute Gasteiger partial charge is 0.477 e. The summed E-state index contributed by atoms with van der Waals surface area (Å²) in [6.07, 6.45) is -6.81. The van der Waals surface area contributed by atoms with Crippen molar-refractivity contribution in [2.45, 2.75) is 36.6 Å². The van der Waals surface area contributed by atoms with E-state index in [2.05, 4.69) is 4.74 Å². The van der Waals surface area contributed by atoms with E-state index in [4.69, 9.17) is 15.3 Å². The molecule has 1 aliphatic heterocycles. The van der Waals surface area contributed by atoms with Crippen molar-refractivity contribution in [3.63, 3.8) is 0 Å². The fraction of sp³-hybridized carbons (Fsp3) is 0.875. The lowest BCUT2D eigenvalue weighted by Crippen LogP contribution is -2.46. The third kappa shape index (κ3) is 2.32. The van der Waals surface area contributed by atoms with Crippen molar-refractivity contribution in [1.29, 1.82) is 0 Å². The Morgan fingerprint density at radius 1 is 1.50 bits per heavy atom. The fourth-order valence-corrected chi connectivity index (χ4v) is 1.51. The van der Waals surface area contributed by atoms with E-state index in [9.17, 15) is 20.1 Å². The third-order valence-corrected chi connectivity index (χ3v) is 2.45. The first-order chi connectivity index (χ1) is 7.31. The maximum Gasteiger partial charge on any atom is 0.364 e. The van der Waals surface area contributed by atoms with Crippen LogP contribution in [0.1, 0.15) is 6.42 Å². The van der Waals surface area contributed by atoms with E-state index in [-0.39, 0.29) is 0 Å². The molecule has 0 aliphatic carbocycles. The number of ether oxygens (including phenoxy) is 1. The van der Waals surface area contributed by atoms with Crippen LogP contribution in [0.15, 0.2) is 0 Å². The van der Waals surface area contributed by atoms with Gasteiger partial charge in [-0.3, -0.25) is 0 Å². The fourth-order valence-electron chi connectivity index (χ4n) is 1.51. The molecule has 8 heteroatoms. The van der Waals surface area contributed by atoms with E-state index in [1.807, 2.05) is 0 Å². The van der Waals surface area contributed by atoms with Crippen LogP contribution in [0.3, 0.4) is 0 Å². The number of carboxylic acid groups (broad SMARTS) is 1. The third-order valence-electron chi connectivity index (χ3n) is 2.45. The van der Waals surface area contributed by atoms with E-state index in [0.29, 0.717) is 0 Å². The minimum atomic E-state index is -2.58. The molecular weight excluding hydrogens is 224 g/mol. The molecule has 1 aliphatic rings. The summed E-state index contributed by atoms with van der Waals surface area (Å²) in [6.45, 7) is -0.779. The van der Waals surface area contributed by atoms with Crippen LogP contribution in [0.4, 0.5) is 0 Å². The first-order valence-electron chi connectivity index (χ1n) is 4.60. The van der Waals surface area contributed by atoms with E-state index >= 15 is 0 Å². The molecule has 1 heterocycles. The van der Waals surface area contributed by atoms with Crippen molar-refractivity contribution in [2.24, 2.45) is 0 Å². The van der Waals surface area contributed by atoms with Gasteiger partial charge in [-0.05, 0) is 0 Å². The first kappa shape index (κ1) is 13.3. The summed E-state index contributed by atoms with van der Waals surface area (Å²) >= 11 is 0. The second-order valence-corrected chi connectivity index (χ2v) is 3.68. The van der Waals surface area contributed by atoms with Crippen LogP contribution in [0, 0.1) is 0 Å². The van der Waals surface area contributed by atoms with Crippen LogP contribution in [0.25, 0.3) is 0 Å². The molecule has 0 amide bonds. The standard InChI is InChI=1S/C8H14O8/c9-2-4(11)5(12)6-3(10)1-8(15,16-6)7(13)14/h3-6,9-12,15H,1-2H2,(H,13,14)/t3-,4-,5+,6+,8?/m0/s1. The summed E-state index contributed by atoms with van der Waals surface area (Å²) < 4.78 is 4.59. The summed E-state index contributed by atoms with van der Waals surface area (Å²) in [5.74, 6) is -4.28. The van der Waals surface area contributed by atoms with Crippen LogP contribution >= 0.6 is 0 Å². The number of aliphatic hydroxyl groups excluding tert-OH is 4. The summed E-state index contributed by atoms with van der Waals surface area (Å²) in [4.78, 5) is 10.6. The Morgan fingerprint density at radius 3 is 2.44 bits per heavy atom. The lowest BCUT2D eigenvalue weighted by molar-refractivity contribution is -0.230. The molecule has 5 atom stereocenters. The topological polar surface area (TPSA) is 148 Å². The first-order valence-corrected chi connectivity index (χ1v) is 4.60. The number of rotatable bonds is 4. The molecule has 6 N–H and O–H groups in total. The summed E-state index contributed by atoms with van der Waals surface area (Å²) in [5.41, 5.74) is 0. The molecule has 94 valence electrons. The Morgan fingerprint density at radius 2 is 2.06 bits per heavy atom. The van der Waals surface area contributed by atoms with E-state index < -0.39 is 49.2 Å². The molecule has 0 radical (unpaired) electrons. The lowest BCUT2D eigenvalue weighted by Gasteiger charge is -2.24. The molecule has 1 unspecified atom stereocenters. The predicted molar refractivity (Wildman–Crippen MR) is 47.2 cm³/mol. The van der Waals surface area contributed by atoms with Crippen LogP contribution in [-0.4, -0.2) is 73.4 Å². The van der Waals surface area contributed by atoms with Crippen molar-refractivity contribution < 1.29 is 40.2 Å². The number of hydrogen-bond acceptors (Lipinski definition) is 7. The smallest absolute Gasteiger partial charge is 0.364 e. The molecule has 0 bridgehead atoms. The molecule has 0 saturated carbocycles. The Bertz CT molecular complexity index is 269. The zero-order valence-electron chi connectivity index (χ0n) is 8.22. The number of aliphatic carboxylic acids is 1. The molecule has 8 nitrogen and oxygen atoms in total. The minimum absolute atomic E-state index is 0.623. The second kappa shape index (κ2) is 4.62. The summed E-state index contributed by atoms with van der Waals surface area (Å²) in [6, 6.07) is 0. The Labute approximate surface area is 90.3 Å². The van der Waals surface area contributed by atoms with Gasteiger partial charge in [0, 0.05) is 6.42 Å². The van der Waals surface area contributed by atoms with Crippen LogP contribution < -0.4 is 0 Å². The van der Waals surface area contributed by atoms with Gasteiger partial charge in [0.1, 0.15) is 18.3 Å². The quantitative estimate of drug-likeness (QED) is 0.297. The van der Waals surface area contributed by atoms with Gasteiger partial charge in [-0.2, -0.15) is 0 Å². The Balaban J connectivity index is 2.75. The highest BCUT2D eigenvalue weighted by molar-refractivity contribution is 5.75. The van der Waals surface area contributed by atoms with E-state index in [1.54, 1.807) is 0 Å². The van der Waals surface area contributed by atoms with Crippen LogP contribution in [-0.2, 0) is 9.53 Å². The van der Waals surface area contributed by atoms with Gasteiger partial charge in [0.05, 0.1) is 12.7 Å². The van der Waals surface area contributed by atoms with Crippen molar-refractivity contribution in [3.05, 3.63) is 0 Å². The van der Waals surface area contributed by atoms with Gasteiger partial charge in [0.15, 0.2) is 0 Å². The number of carbonyl (C=O) groups is 1. The van der Waals surface area contributed by atoms with Crippen molar-refractivity contribution in [1.82, 2.24) is 0 Å². The molecular formula is C8H14O8. The van der Waals surface area contributed by atoms with Gasteiger partial charge in [-0.25, -0.2) is 4.79 Å².